The number of likely N-dealkylation sites (N-methyl/N-ethyl adjacent to an activating group) is 1. The number of nitrogens with zero attached hydrogens (tertiary/aromatic N) is 2. The van der Waals surface area contributed by atoms with Gasteiger partial charge in [0.1, 0.15) is 6.04 Å². The lowest BCUT2D eigenvalue weighted by Crippen LogP contribution is -2.54. The molecule has 2 aliphatic rings. The van der Waals surface area contributed by atoms with Gasteiger partial charge in [-0.05, 0) is 18.6 Å². The average Bonchev–Trinajstić information content (AvgIpc) is 3.15. The summed E-state index contributed by atoms with van der Waals surface area (Å²) in [4.78, 5) is 62.8. The molecule has 1 fully saturated rings. The normalized spacial score (nSPS) is 17.3. The molecular formula is C25H33N3O10. The second-order valence-electron chi connectivity index (χ2n) is 8.57. The van der Waals surface area contributed by atoms with Gasteiger partial charge in [0.05, 0.1) is 70.4 Å². The number of carboxylic acids is 1. The number of likely N-dealkylation sites (tertiary alicyclic amines) is 1. The zero-order valence-electron chi connectivity index (χ0n) is 21.3. The van der Waals surface area contributed by atoms with E-state index in [1.807, 2.05) is 0 Å². The Morgan fingerprint density at radius 1 is 0.921 bits per heavy atom. The second kappa shape index (κ2) is 14.5. The largest absolute Gasteiger partial charge is 0.481 e. The van der Waals surface area contributed by atoms with Gasteiger partial charge in [0, 0.05) is 25.7 Å². The van der Waals surface area contributed by atoms with Crippen molar-refractivity contribution in [3.8, 4) is 0 Å². The maximum atomic E-state index is 13.2. The monoisotopic (exact) mass is 535 g/mol. The summed E-state index contributed by atoms with van der Waals surface area (Å²) >= 11 is 0. The summed E-state index contributed by atoms with van der Waals surface area (Å²) in [6.07, 6.45) is 0.166. The zero-order valence-corrected chi connectivity index (χ0v) is 21.3. The topological polar surface area (TPSA) is 161 Å². The molecule has 0 saturated carbocycles. The lowest BCUT2D eigenvalue weighted by Gasteiger charge is -2.32. The number of benzene rings is 1. The van der Waals surface area contributed by atoms with E-state index >= 15 is 0 Å². The number of nitrogens with one attached hydrogen (secondary N) is 1. The van der Waals surface area contributed by atoms with Gasteiger partial charge in [-0.25, -0.2) is 0 Å². The molecule has 1 aromatic carbocycles. The minimum absolute atomic E-state index is 0.0345. The van der Waals surface area contributed by atoms with Gasteiger partial charge in [0.2, 0.25) is 5.91 Å². The SMILES string of the molecule is CN1C(=O)CCC(N2C(=O)c3cccc(NCCOCCOCCOCCOCCC(=O)O)c3C2=O)C1=O. The van der Waals surface area contributed by atoms with E-state index in [2.05, 4.69) is 5.32 Å². The molecule has 0 radical (unpaired) electrons. The minimum Gasteiger partial charge on any atom is -0.481 e. The standard InChI is InChI=1S/C25H33N3O10/c1-27-20(29)6-5-19(24(27)33)28-23(32)17-3-2-4-18(22(17)25(28)34)26-8-10-36-12-14-38-16-15-37-13-11-35-9-7-21(30)31/h2-4,19,26H,5-16H2,1H3,(H,30,31). The number of ether oxygens (including phenoxy) is 4. The van der Waals surface area contributed by atoms with Crippen LogP contribution >= 0.6 is 0 Å². The smallest absolute Gasteiger partial charge is 0.305 e. The number of hydrogen-bond donors (Lipinski definition) is 2. The van der Waals surface area contributed by atoms with Crippen molar-refractivity contribution in [2.45, 2.75) is 25.3 Å². The Bertz CT molecular complexity index is 1030. The third kappa shape index (κ3) is 7.57. The van der Waals surface area contributed by atoms with Crippen molar-refractivity contribution in [3.63, 3.8) is 0 Å². The molecule has 1 atom stereocenters. The van der Waals surface area contributed by atoms with E-state index < -0.39 is 29.7 Å². The molecule has 4 amide bonds. The number of carbonyl (C=O) groups is 5. The molecule has 2 heterocycles. The second-order valence-corrected chi connectivity index (χ2v) is 8.57. The number of anilines is 1. The van der Waals surface area contributed by atoms with Crippen LogP contribution in [0.2, 0.25) is 0 Å². The van der Waals surface area contributed by atoms with Crippen molar-refractivity contribution in [2.75, 3.05) is 71.8 Å². The zero-order chi connectivity index (χ0) is 27.5. The Morgan fingerprint density at radius 3 is 2.16 bits per heavy atom. The molecule has 13 heteroatoms. The maximum absolute atomic E-state index is 13.2. The Morgan fingerprint density at radius 2 is 1.53 bits per heavy atom. The lowest BCUT2D eigenvalue weighted by molar-refractivity contribution is -0.149. The summed E-state index contributed by atoms with van der Waals surface area (Å²) in [6, 6.07) is 3.90. The highest BCUT2D eigenvalue weighted by molar-refractivity contribution is 6.25. The van der Waals surface area contributed by atoms with E-state index in [0.717, 1.165) is 9.80 Å². The van der Waals surface area contributed by atoms with Crippen molar-refractivity contribution in [3.05, 3.63) is 29.3 Å². The predicted octanol–water partition coefficient (Wildman–Crippen LogP) is 0.383. The number of rotatable bonds is 17. The minimum atomic E-state index is -0.996. The Kier molecular flexibility index (Phi) is 11.1. The maximum Gasteiger partial charge on any atom is 0.305 e. The van der Waals surface area contributed by atoms with E-state index in [1.54, 1.807) is 18.2 Å². The number of piperidine rings is 1. The summed E-state index contributed by atoms with van der Waals surface area (Å²) in [5.74, 6) is -2.90. The number of carboxylic acid groups (broad SMARTS) is 1. The predicted molar refractivity (Wildman–Crippen MR) is 132 cm³/mol. The van der Waals surface area contributed by atoms with Gasteiger partial charge in [-0.1, -0.05) is 6.07 Å². The summed E-state index contributed by atoms with van der Waals surface area (Å²) in [6.45, 7) is 3.03. The van der Waals surface area contributed by atoms with Gasteiger partial charge in [0.25, 0.3) is 17.7 Å². The van der Waals surface area contributed by atoms with E-state index in [-0.39, 0.29) is 42.9 Å². The molecule has 1 saturated heterocycles. The van der Waals surface area contributed by atoms with Crippen molar-refractivity contribution in [2.24, 2.45) is 0 Å². The van der Waals surface area contributed by atoms with Gasteiger partial charge < -0.3 is 29.4 Å². The van der Waals surface area contributed by atoms with Crippen LogP contribution in [0.5, 0.6) is 0 Å². The number of carbonyl (C=O) groups excluding carboxylic acids is 4. The third-order valence-electron chi connectivity index (χ3n) is 6.02. The summed E-state index contributed by atoms with van der Waals surface area (Å²) in [7, 11) is 1.35. The van der Waals surface area contributed by atoms with Crippen LogP contribution in [-0.4, -0.2) is 117 Å². The van der Waals surface area contributed by atoms with E-state index in [1.165, 1.54) is 7.05 Å². The van der Waals surface area contributed by atoms with E-state index in [4.69, 9.17) is 24.1 Å². The summed E-state index contributed by atoms with van der Waals surface area (Å²) in [5, 5.41) is 11.6. The molecule has 0 aliphatic carbocycles. The highest BCUT2D eigenvalue weighted by Crippen LogP contribution is 2.33. The first kappa shape index (κ1) is 29.2. The summed E-state index contributed by atoms with van der Waals surface area (Å²) in [5.41, 5.74) is 0.899. The van der Waals surface area contributed by atoms with Crippen LogP contribution in [0.3, 0.4) is 0 Å². The number of aliphatic carboxylic acids is 1. The lowest BCUT2D eigenvalue weighted by atomic mass is 10.0. The molecule has 0 bridgehead atoms. The molecule has 1 unspecified atom stereocenters. The molecule has 0 spiro atoms. The van der Waals surface area contributed by atoms with Crippen LogP contribution in [0, 0.1) is 0 Å². The summed E-state index contributed by atoms with van der Waals surface area (Å²) < 4.78 is 21.3. The first-order chi connectivity index (χ1) is 18.3. The number of imide groups is 2. The van der Waals surface area contributed by atoms with Gasteiger partial charge in [-0.15, -0.1) is 0 Å². The highest BCUT2D eigenvalue weighted by Gasteiger charge is 2.47. The Balaban J connectivity index is 1.32. The van der Waals surface area contributed by atoms with E-state index in [0.29, 0.717) is 58.5 Å². The molecule has 208 valence electrons. The molecule has 2 N–H and O–H groups in total. The van der Waals surface area contributed by atoms with E-state index in [9.17, 15) is 24.0 Å². The first-order valence-corrected chi connectivity index (χ1v) is 12.4. The molecule has 1 aromatic rings. The van der Waals surface area contributed by atoms with Crippen LogP contribution in [0.15, 0.2) is 18.2 Å². The van der Waals surface area contributed by atoms with Crippen LogP contribution in [0.1, 0.15) is 40.0 Å². The van der Waals surface area contributed by atoms with Crippen LogP contribution < -0.4 is 5.32 Å². The fourth-order valence-corrected chi connectivity index (χ4v) is 4.05. The average molecular weight is 536 g/mol. The van der Waals surface area contributed by atoms with Gasteiger partial charge in [0.15, 0.2) is 0 Å². The number of amides is 4. The molecular weight excluding hydrogens is 502 g/mol. The van der Waals surface area contributed by atoms with Gasteiger partial charge in [-0.3, -0.25) is 33.8 Å². The Hall–Kier alpha value is -3.39. The highest BCUT2D eigenvalue weighted by atomic mass is 16.6. The quantitative estimate of drug-likeness (QED) is 0.210. The van der Waals surface area contributed by atoms with Crippen LogP contribution in [0.25, 0.3) is 0 Å². The van der Waals surface area contributed by atoms with Crippen molar-refractivity contribution >= 4 is 35.3 Å². The number of fused-ring (bicyclic) bond motifs is 1. The van der Waals surface area contributed by atoms with Crippen LogP contribution in [0.4, 0.5) is 5.69 Å². The van der Waals surface area contributed by atoms with Crippen molar-refractivity contribution in [1.29, 1.82) is 0 Å². The molecule has 3 rings (SSSR count). The molecule has 0 aromatic heterocycles. The molecule has 13 nitrogen and oxygen atoms in total. The fourth-order valence-electron chi connectivity index (χ4n) is 4.05. The van der Waals surface area contributed by atoms with Gasteiger partial charge in [-0.2, -0.15) is 0 Å². The fraction of sp³-hybridized carbons (Fsp3) is 0.560. The van der Waals surface area contributed by atoms with Crippen molar-refractivity contribution in [1.82, 2.24) is 9.80 Å². The molecule has 38 heavy (non-hydrogen) atoms. The third-order valence-corrected chi connectivity index (χ3v) is 6.02. The molecule has 2 aliphatic heterocycles. The van der Waals surface area contributed by atoms with Gasteiger partial charge >= 0.3 is 5.97 Å². The van der Waals surface area contributed by atoms with Crippen molar-refractivity contribution < 1.29 is 48.0 Å². The Labute approximate surface area is 219 Å². The first-order valence-electron chi connectivity index (χ1n) is 12.4. The van der Waals surface area contributed by atoms with Crippen LogP contribution in [-0.2, 0) is 33.3 Å². The number of hydrogen-bond acceptors (Lipinski definition) is 10.